The van der Waals surface area contributed by atoms with Crippen molar-refractivity contribution in [3.8, 4) is 0 Å². The van der Waals surface area contributed by atoms with Crippen LogP contribution in [0.25, 0.3) is 0 Å². The van der Waals surface area contributed by atoms with E-state index >= 15 is 0 Å². The van der Waals surface area contributed by atoms with Crippen molar-refractivity contribution in [2.45, 2.75) is 13.3 Å². The molecule has 0 aliphatic carbocycles. The molecule has 30 heavy (non-hydrogen) atoms. The van der Waals surface area contributed by atoms with Crippen molar-refractivity contribution in [3.05, 3.63) is 80.9 Å². The quantitative estimate of drug-likeness (QED) is 0.524. The summed E-state index contributed by atoms with van der Waals surface area (Å²) < 4.78 is 13.2. The van der Waals surface area contributed by atoms with Gasteiger partial charge in [0.2, 0.25) is 5.91 Å². The number of primary amides is 1. The Balaban J connectivity index is 1.69. The highest BCUT2D eigenvalue weighted by atomic mass is 35.5. The standard InChI is InChI=1S/C21H17ClFN3O3S/c1-11-8-18(26-20(28)15-7-4-13(23)10-16(15)22)30-19(11)21(29)25-14-5-2-12(3-6-14)9-17(24)27/h2-8,10H,9H2,1H3,(H2,24,27)(H,25,29)(H,26,28). The molecule has 1 aromatic heterocycles. The van der Waals surface area contributed by atoms with Gasteiger partial charge in [0.05, 0.1) is 26.9 Å². The van der Waals surface area contributed by atoms with Crippen LogP contribution in [0.1, 0.15) is 31.2 Å². The second kappa shape index (κ2) is 9.06. The molecule has 9 heteroatoms. The smallest absolute Gasteiger partial charge is 0.266 e. The van der Waals surface area contributed by atoms with Gasteiger partial charge in [-0.15, -0.1) is 11.3 Å². The highest BCUT2D eigenvalue weighted by Gasteiger charge is 2.17. The monoisotopic (exact) mass is 445 g/mol. The third-order valence-corrected chi connectivity index (χ3v) is 5.59. The Hall–Kier alpha value is -3.23. The van der Waals surface area contributed by atoms with Crippen LogP contribution in [-0.2, 0) is 11.2 Å². The normalized spacial score (nSPS) is 10.5. The molecule has 3 amide bonds. The molecule has 3 rings (SSSR count). The maximum Gasteiger partial charge on any atom is 0.266 e. The van der Waals surface area contributed by atoms with E-state index in [1.165, 1.54) is 6.07 Å². The summed E-state index contributed by atoms with van der Waals surface area (Å²) in [7, 11) is 0. The molecule has 6 nitrogen and oxygen atoms in total. The van der Waals surface area contributed by atoms with E-state index in [9.17, 15) is 18.8 Å². The number of carbonyl (C=O) groups is 3. The van der Waals surface area contributed by atoms with Crippen molar-refractivity contribution in [2.75, 3.05) is 10.6 Å². The first-order valence-electron chi connectivity index (χ1n) is 8.78. The number of hydrogen-bond donors (Lipinski definition) is 3. The molecule has 0 bridgehead atoms. The third-order valence-electron chi connectivity index (χ3n) is 4.13. The number of anilines is 2. The fraction of sp³-hybridized carbons (Fsp3) is 0.0952. The number of benzene rings is 2. The second-order valence-electron chi connectivity index (χ2n) is 6.50. The van der Waals surface area contributed by atoms with E-state index in [4.69, 9.17) is 17.3 Å². The van der Waals surface area contributed by atoms with Crippen LogP contribution in [0.2, 0.25) is 5.02 Å². The van der Waals surface area contributed by atoms with Crippen LogP contribution in [0.3, 0.4) is 0 Å². The molecule has 4 N–H and O–H groups in total. The lowest BCUT2D eigenvalue weighted by molar-refractivity contribution is -0.117. The van der Waals surface area contributed by atoms with Gasteiger partial charge in [-0.2, -0.15) is 0 Å². The van der Waals surface area contributed by atoms with Gasteiger partial charge in [-0.25, -0.2) is 4.39 Å². The van der Waals surface area contributed by atoms with Gasteiger partial charge in [0.25, 0.3) is 11.8 Å². The lowest BCUT2D eigenvalue weighted by Crippen LogP contribution is -2.14. The van der Waals surface area contributed by atoms with E-state index in [1.54, 1.807) is 37.3 Å². The van der Waals surface area contributed by atoms with Crippen molar-refractivity contribution in [1.82, 2.24) is 0 Å². The minimum atomic E-state index is -0.537. The molecule has 0 spiro atoms. The molecular weight excluding hydrogens is 429 g/mol. The van der Waals surface area contributed by atoms with E-state index in [2.05, 4.69) is 10.6 Å². The summed E-state index contributed by atoms with van der Waals surface area (Å²) in [5.41, 5.74) is 7.29. The number of aryl methyl sites for hydroxylation is 1. The molecular formula is C21H17ClFN3O3S. The van der Waals surface area contributed by atoms with Gasteiger partial charge >= 0.3 is 0 Å². The van der Waals surface area contributed by atoms with Gasteiger partial charge in [-0.05, 0) is 54.4 Å². The van der Waals surface area contributed by atoms with Crippen LogP contribution in [-0.4, -0.2) is 17.7 Å². The van der Waals surface area contributed by atoms with Crippen molar-refractivity contribution in [2.24, 2.45) is 5.73 Å². The molecule has 0 atom stereocenters. The fourth-order valence-electron chi connectivity index (χ4n) is 2.72. The zero-order valence-electron chi connectivity index (χ0n) is 15.8. The SMILES string of the molecule is Cc1cc(NC(=O)c2ccc(F)cc2Cl)sc1C(=O)Nc1ccc(CC(N)=O)cc1. The molecule has 0 aliphatic heterocycles. The predicted molar refractivity (Wildman–Crippen MR) is 116 cm³/mol. The largest absolute Gasteiger partial charge is 0.369 e. The Bertz CT molecular complexity index is 1130. The molecule has 0 saturated carbocycles. The highest BCUT2D eigenvalue weighted by molar-refractivity contribution is 7.18. The molecule has 154 valence electrons. The van der Waals surface area contributed by atoms with Crippen LogP contribution in [0.4, 0.5) is 15.1 Å². The van der Waals surface area contributed by atoms with Gasteiger partial charge in [0, 0.05) is 5.69 Å². The van der Waals surface area contributed by atoms with Crippen molar-refractivity contribution < 1.29 is 18.8 Å². The van der Waals surface area contributed by atoms with Crippen LogP contribution in [0.5, 0.6) is 0 Å². The van der Waals surface area contributed by atoms with Gasteiger partial charge in [0.1, 0.15) is 5.82 Å². The Labute approximate surface area is 180 Å². The number of halogens is 2. The predicted octanol–water partition coefficient (Wildman–Crippen LogP) is 4.38. The van der Waals surface area contributed by atoms with E-state index in [0.717, 1.165) is 29.0 Å². The number of thiophene rings is 1. The molecule has 0 aliphatic rings. The molecule has 0 saturated heterocycles. The first-order chi connectivity index (χ1) is 14.2. The number of rotatable bonds is 6. The number of amides is 3. The maximum atomic E-state index is 13.2. The lowest BCUT2D eigenvalue weighted by Gasteiger charge is -2.06. The van der Waals surface area contributed by atoms with Crippen LogP contribution in [0.15, 0.2) is 48.5 Å². The molecule has 0 unspecified atom stereocenters. The number of hydrogen-bond acceptors (Lipinski definition) is 4. The van der Waals surface area contributed by atoms with Crippen LogP contribution < -0.4 is 16.4 Å². The van der Waals surface area contributed by atoms with Crippen LogP contribution in [0, 0.1) is 12.7 Å². The van der Waals surface area contributed by atoms with Gasteiger partial charge < -0.3 is 16.4 Å². The number of carbonyl (C=O) groups excluding carboxylic acids is 3. The summed E-state index contributed by atoms with van der Waals surface area (Å²) in [6.45, 7) is 1.75. The van der Waals surface area contributed by atoms with E-state index < -0.39 is 17.6 Å². The van der Waals surface area contributed by atoms with Crippen molar-refractivity contribution in [3.63, 3.8) is 0 Å². The molecule has 3 aromatic rings. The summed E-state index contributed by atoms with van der Waals surface area (Å²) in [5.74, 6) is -1.80. The minimum absolute atomic E-state index is 0.00136. The summed E-state index contributed by atoms with van der Waals surface area (Å²) in [6.07, 6.45) is 0.124. The zero-order chi connectivity index (χ0) is 21.8. The first-order valence-corrected chi connectivity index (χ1v) is 9.98. The summed E-state index contributed by atoms with van der Waals surface area (Å²) in [6, 6.07) is 11.9. The second-order valence-corrected chi connectivity index (χ2v) is 7.95. The van der Waals surface area contributed by atoms with Gasteiger partial charge in [-0.1, -0.05) is 23.7 Å². The molecule has 0 radical (unpaired) electrons. The highest BCUT2D eigenvalue weighted by Crippen LogP contribution is 2.29. The van der Waals surface area contributed by atoms with Crippen molar-refractivity contribution >= 4 is 51.3 Å². The third kappa shape index (κ3) is 5.22. The summed E-state index contributed by atoms with van der Waals surface area (Å²) in [4.78, 5) is 36.4. The average molecular weight is 446 g/mol. The Morgan fingerprint density at radius 3 is 2.37 bits per heavy atom. The average Bonchev–Trinajstić information content (AvgIpc) is 3.03. The topological polar surface area (TPSA) is 101 Å². The van der Waals surface area contributed by atoms with E-state index in [-0.39, 0.29) is 22.9 Å². The Kier molecular flexibility index (Phi) is 6.49. The van der Waals surface area contributed by atoms with Crippen LogP contribution >= 0.6 is 22.9 Å². The Morgan fingerprint density at radius 2 is 1.73 bits per heavy atom. The lowest BCUT2D eigenvalue weighted by atomic mass is 10.1. The van der Waals surface area contributed by atoms with Gasteiger partial charge in [0.15, 0.2) is 0 Å². The molecule has 2 aromatic carbocycles. The zero-order valence-corrected chi connectivity index (χ0v) is 17.4. The Morgan fingerprint density at radius 1 is 1.03 bits per heavy atom. The minimum Gasteiger partial charge on any atom is -0.369 e. The fourth-order valence-corrected chi connectivity index (χ4v) is 3.93. The summed E-state index contributed by atoms with van der Waals surface area (Å²) in [5, 5.41) is 5.90. The van der Waals surface area contributed by atoms with E-state index in [1.807, 2.05) is 0 Å². The van der Waals surface area contributed by atoms with E-state index in [0.29, 0.717) is 21.1 Å². The number of nitrogens with two attached hydrogens (primary N) is 1. The molecule has 0 fully saturated rings. The molecule has 1 heterocycles. The maximum absolute atomic E-state index is 13.2. The first kappa shape index (κ1) is 21.5. The van der Waals surface area contributed by atoms with Gasteiger partial charge in [-0.3, -0.25) is 14.4 Å². The summed E-state index contributed by atoms with van der Waals surface area (Å²) >= 11 is 7.03. The van der Waals surface area contributed by atoms with Crippen molar-refractivity contribution in [1.29, 1.82) is 0 Å². The number of nitrogens with one attached hydrogen (secondary N) is 2.